The fourth-order valence-corrected chi connectivity index (χ4v) is 11.4. The first-order valence-electron chi connectivity index (χ1n) is 14.6. The Labute approximate surface area is 247 Å². The van der Waals surface area contributed by atoms with Gasteiger partial charge in [0.1, 0.15) is 25.4 Å². The SMILES string of the molecule is COc1ccc(CN(Cc2ccc(OC)cc2)c2cc3cccc(C#C[Si](C(C)C)(C(C)C)C(C)C)c3cn2)cc1. The van der Waals surface area contributed by atoms with Crippen LogP contribution in [0.4, 0.5) is 5.82 Å². The number of pyridine rings is 1. The van der Waals surface area contributed by atoms with E-state index >= 15 is 0 Å². The van der Waals surface area contributed by atoms with Crippen LogP contribution in [0.5, 0.6) is 11.5 Å². The molecule has 0 aliphatic carbocycles. The Hall–Kier alpha value is -3.75. The lowest BCUT2D eigenvalue weighted by Crippen LogP contribution is -2.43. The van der Waals surface area contributed by atoms with Crippen molar-refractivity contribution in [2.45, 2.75) is 71.3 Å². The second-order valence-corrected chi connectivity index (χ2v) is 17.3. The van der Waals surface area contributed by atoms with Crippen molar-refractivity contribution in [2.75, 3.05) is 19.1 Å². The molecule has 0 aliphatic heterocycles. The van der Waals surface area contributed by atoms with Crippen LogP contribution in [0.3, 0.4) is 0 Å². The van der Waals surface area contributed by atoms with Gasteiger partial charge in [0.15, 0.2) is 0 Å². The van der Waals surface area contributed by atoms with Gasteiger partial charge in [-0.1, -0.05) is 83.9 Å². The Morgan fingerprint density at radius 2 is 1.24 bits per heavy atom. The summed E-state index contributed by atoms with van der Waals surface area (Å²) in [6.45, 7) is 15.6. The molecule has 4 nitrogen and oxygen atoms in total. The number of aromatic nitrogens is 1. The van der Waals surface area contributed by atoms with Crippen molar-refractivity contribution in [3.05, 3.63) is 95.7 Å². The Morgan fingerprint density at radius 1 is 0.732 bits per heavy atom. The summed E-state index contributed by atoms with van der Waals surface area (Å²) >= 11 is 0. The lowest BCUT2D eigenvalue weighted by atomic mass is 10.1. The van der Waals surface area contributed by atoms with Crippen molar-refractivity contribution in [3.63, 3.8) is 0 Å². The average Bonchev–Trinajstić information content (AvgIpc) is 2.97. The summed E-state index contributed by atoms with van der Waals surface area (Å²) in [4.78, 5) is 7.31. The van der Waals surface area contributed by atoms with Crippen LogP contribution in [0.25, 0.3) is 10.8 Å². The minimum atomic E-state index is -1.83. The molecule has 0 fully saturated rings. The van der Waals surface area contributed by atoms with Crippen LogP contribution < -0.4 is 14.4 Å². The molecule has 3 aromatic carbocycles. The van der Waals surface area contributed by atoms with Gasteiger partial charge in [-0.05, 0) is 69.5 Å². The third-order valence-electron chi connectivity index (χ3n) is 8.42. The van der Waals surface area contributed by atoms with Gasteiger partial charge in [-0.25, -0.2) is 4.98 Å². The fraction of sp³-hybridized carbons (Fsp3) is 0.361. The summed E-state index contributed by atoms with van der Waals surface area (Å²) in [5.74, 6) is 6.30. The molecule has 0 spiro atoms. The topological polar surface area (TPSA) is 34.6 Å². The summed E-state index contributed by atoms with van der Waals surface area (Å²) in [7, 11) is 1.55. The van der Waals surface area contributed by atoms with Crippen LogP contribution in [-0.4, -0.2) is 27.3 Å². The van der Waals surface area contributed by atoms with Crippen molar-refractivity contribution in [2.24, 2.45) is 0 Å². The van der Waals surface area contributed by atoms with E-state index in [0.29, 0.717) is 16.6 Å². The number of nitrogens with zero attached hydrogens (tertiary/aromatic N) is 2. The highest BCUT2D eigenvalue weighted by Gasteiger charge is 2.41. The van der Waals surface area contributed by atoms with Crippen molar-refractivity contribution in [3.8, 4) is 23.0 Å². The number of fused-ring (bicyclic) bond motifs is 1. The maximum atomic E-state index is 5.37. The van der Waals surface area contributed by atoms with Crippen LogP contribution in [0.15, 0.2) is 79.0 Å². The molecule has 214 valence electrons. The molecule has 0 unspecified atom stereocenters. The normalized spacial score (nSPS) is 11.6. The molecule has 0 radical (unpaired) electrons. The molecule has 0 aliphatic rings. The molecule has 4 aromatic rings. The first-order valence-corrected chi connectivity index (χ1v) is 16.8. The number of benzene rings is 3. The van der Waals surface area contributed by atoms with Crippen molar-refractivity contribution in [1.82, 2.24) is 4.98 Å². The smallest absolute Gasteiger partial charge is 0.146 e. The zero-order chi connectivity index (χ0) is 29.6. The minimum Gasteiger partial charge on any atom is -0.497 e. The van der Waals surface area contributed by atoms with Crippen LogP contribution in [0.2, 0.25) is 16.6 Å². The highest BCUT2D eigenvalue weighted by molar-refractivity contribution is 6.90. The number of methoxy groups -OCH3 is 2. The molecular weight excluding hydrogens is 520 g/mol. The monoisotopic (exact) mass is 564 g/mol. The number of anilines is 1. The second kappa shape index (κ2) is 13.3. The summed E-state index contributed by atoms with van der Waals surface area (Å²) in [5.41, 5.74) is 9.13. The van der Waals surface area contributed by atoms with Gasteiger partial charge in [0, 0.05) is 30.2 Å². The van der Waals surface area contributed by atoms with E-state index in [1.807, 2.05) is 30.5 Å². The molecule has 1 aromatic heterocycles. The van der Waals surface area contributed by atoms with Gasteiger partial charge in [-0.2, -0.15) is 0 Å². The molecule has 0 atom stereocenters. The number of rotatable bonds is 10. The molecule has 0 saturated heterocycles. The Bertz CT molecular complexity index is 1430. The predicted molar refractivity (Wildman–Crippen MR) is 176 cm³/mol. The van der Waals surface area contributed by atoms with E-state index in [1.54, 1.807) is 14.2 Å². The number of ether oxygens (including phenoxy) is 2. The largest absolute Gasteiger partial charge is 0.497 e. The molecule has 0 saturated carbocycles. The van der Waals surface area contributed by atoms with Gasteiger partial charge >= 0.3 is 0 Å². The van der Waals surface area contributed by atoms with Gasteiger partial charge in [-0.15, -0.1) is 5.54 Å². The summed E-state index contributed by atoms with van der Waals surface area (Å²) in [6.07, 6.45) is 2.01. The van der Waals surface area contributed by atoms with E-state index in [2.05, 4.69) is 106 Å². The molecule has 4 rings (SSSR count). The molecular formula is C36H44N2O2Si. The standard InChI is InChI=1S/C36H44N2O2Si/c1-26(2)41(27(3)4,28(5)6)21-20-31-10-9-11-32-22-36(37-23-35(31)32)38(24-29-12-16-33(39-7)17-13-29)25-30-14-18-34(40-8)19-15-30/h9-19,22-23,26-28H,24-25H2,1-8H3. The van der Waals surface area contributed by atoms with E-state index in [0.717, 1.165) is 46.7 Å². The quantitative estimate of drug-likeness (QED) is 0.142. The Morgan fingerprint density at radius 3 is 1.71 bits per heavy atom. The molecule has 1 heterocycles. The van der Waals surface area contributed by atoms with Gasteiger partial charge in [-0.3, -0.25) is 0 Å². The molecule has 0 bridgehead atoms. The predicted octanol–water partition coefficient (Wildman–Crippen LogP) is 9.03. The lowest BCUT2D eigenvalue weighted by Gasteiger charge is -2.38. The third-order valence-corrected chi connectivity index (χ3v) is 14.7. The van der Waals surface area contributed by atoms with E-state index in [1.165, 1.54) is 11.1 Å². The Kier molecular flexibility index (Phi) is 9.78. The highest BCUT2D eigenvalue weighted by atomic mass is 28.3. The zero-order valence-corrected chi connectivity index (χ0v) is 26.9. The summed E-state index contributed by atoms with van der Waals surface area (Å²) in [6, 6.07) is 25.1. The second-order valence-electron chi connectivity index (χ2n) is 11.8. The zero-order valence-electron chi connectivity index (χ0n) is 25.9. The lowest BCUT2D eigenvalue weighted by molar-refractivity contribution is 0.414. The first kappa shape index (κ1) is 30.2. The first-order chi connectivity index (χ1) is 19.7. The average molecular weight is 565 g/mol. The molecule has 0 amide bonds. The van der Waals surface area contributed by atoms with Crippen LogP contribution in [0.1, 0.15) is 58.2 Å². The highest BCUT2D eigenvalue weighted by Crippen LogP contribution is 2.41. The summed E-state index contributed by atoms with van der Waals surface area (Å²) < 4.78 is 10.7. The van der Waals surface area contributed by atoms with E-state index < -0.39 is 8.07 Å². The summed E-state index contributed by atoms with van der Waals surface area (Å²) in [5, 5.41) is 2.26. The maximum Gasteiger partial charge on any atom is 0.146 e. The van der Waals surface area contributed by atoms with Crippen molar-refractivity contribution in [1.29, 1.82) is 0 Å². The molecule has 41 heavy (non-hydrogen) atoms. The number of hydrogen-bond acceptors (Lipinski definition) is 4. The van der Waals surface area contributed by atoms with Gasteiger partial charge in [0.05, 0.1) is 14.2 Å². The molecule has 5 heteroatoms. The van der Waals surface area contributed by atoms with Gasteiger partial charge in [0.25, 0.3) is 0 Å². The van der Waals surface area contributed by atoms with E-state index in [-0.39, 0.29) is 0 Å². The third kappa shape index (κ3) is 6.77. The maximum absolute atomic E-state index is 5.37. The fourth-order valence-electron chi connectivity index (χ4n) is 6.17. The number of hydrogen-bond donors (Lipinski definition) is 0. The van der Waals surface area contributed by atoms with Crippen molar-refractivity contribution >= 4 is 24.7 Å². The van der Waals surface area contributed by atoms with Crippen LogP contribution in [-0.2, 0) is 13.1 Å². The molecule has 0 N–H and O–H groups in total. The van der Waals surface area contributed by atoms with Gasteiger partial charge < -0.3 is 14.4 Å². The van der Waals surface area contributed by atoms with Crippen LogP contribution >= 0.6 is 0 Å². The minimum absolute atomic E-state index is 0.596. The van der Waals surface area contributed by atoms with E-state index in [9.17, 15) is 0 Å². The van der Waals surface area contributed by atoms with Gasteiger partial charge in [0.2, 0.25) is 0 Å². The van der Waals surface area contributed by atoms with E-state index in [4.69, 9.17) is 14.5 Å². The van der Waals surface area contributed by atoms with Crippen molar-refractivity contribution < 1.29 is 9.47 Å². The van der Waals surface area contributed by atoms with Crippen LogP contribution in [0, 0.1) is 11.5 Å². The Balaban J connectivity index is 1.73.